The predicted molar refractivity (Wildman–Crippen MR) is 126 cm³/mol. The molecule has 36 heavy (non-hydrogen) atoms. The van der Waals surface area contributed by atoms with Gasteiger partial charge in [-0.3, -0.25) is 4.72 Å². The van der Waals surface area contributed by atoms with Crippen molar-refractivity contribution in [1.29, 1.82) is 0 Å². The third-order valence-electron chi connectivity index (χ3n) is 5.74. The number of sulfone groups is 1. The van der Waals surface area contributed by atoms with Crippen LogP contribution in [-0.4, -0.2) is 45.4 Å². The summed E-state index contributed by atoms with van der Waals surface area (Å²) >= 11 is 0. The van der Waals surface area contributed by atoms with E-state index in [1.54, 1.807) is 6.07 Å². The molecule has 3 aromatic rings. The zero-order chi connectivity index (χ0) is 26.1. The van der Waals surface area contributed by atoms with Gasteiger partial charge in [0.25, 0.3) is 10.0 Å². The summed E-state index contributed by atoms with van der Waals surface area (Å²) in [4.78, 5) is 7.50. The molecule has 1 atom stereocenters. The summed E-state index contributed by atoms with van der Waals surface area (Å²) in [6.07, 6.45) is -0.621. The molecular weight excluding hydrogens is 519 g/mol. The van der Waals surface area contributed by atoms with Gasteiger partial charge in [0.15, 0.2) is 0 Å². The Labute approximate surface area is 206 Å². The lowest BCUT2D eigenvalue weighted by atomic mass is 9.83. The van der Waals surface area contributed by atoms with Crippen molar-refractivity contribution in [1.82, 2.24) is 9.97 Å². The molecule has 0 unspecified atom stereocenters. The predicted octanol–water partition coefficient (Wildman–Crippen LogP) is 3.80. The Morgan fingerprint density at radius 2 is 1.81 bits per heavy atom. The second-order valence-corrected chi connectivity index (χ2v) is 12.3. The summed E-state index contributed by atoms with van der Waals surface area (Å²) in [5, 5.41) is 0. The zero-order valence-corrected chi connectivity index (χ0v) is 20.6. The van der Waals surface area contributed by atoms with Crippen LogP contribution in [0, 0.1) is 0 Å². The van der Waals surface area contributed by atoms with Crippen LogP contribution in [-0.2, 0) is 32.5 Å². The summed E-state index contributed by atoms with van der Waals surface area (Å²) in [6.45, 7) is 0.201. The second-order valence-electron chi connectivity index (χ2n) is 8.38. The Morgan fingerprint density at radius 3 is 2.47 bits per heavy atom. The molecule has 0 saturated carbocycles. The number of rotatable bonds is 7. The maximum absolute atomic E-state index is 13.4. The summed E-state index contributed by atoms with van der Waals surface area (Å²) in [5.41, 5.74) is 0.558. The van der Waals surface area contributed by atoms with Crippen molar-refractivity contribution in [3.63, 3.8) is 0 Å². The number of aryl methyl sites for hydroxylation is 1. The first kappa shape index (κ1) is 25.9. The molecule has 13 heteroatoms. The molecule has 1 aliphatic rings. The van der Waals surface area contributed by atoms with Gasteiger partial charge in [-0.25, -0.2) is 26.8 Å². The first-order valence-corrected chi connectivity index (χ1v) is 14.3. The molecule has 1 N–H and O–H groups in total. The molecule has 192 valence electrons. The minimum atomic E-state index is -4.58. The number of hydrogen-bond acceptors (Lipinski definition) is 7. The van der Waals surface area contributed by atoms with Gasteiger partial charge in [-0.2, -0.15) is 13.2 Å². The molecule has 0 aliphatic carbocycles. The highest BCUT2D eigenvalue weighted by Gasteiger charge is 2.33. The van der Waals surface area contributed by atoms with Gasteiger partial charge in [-0.15, -0.1) is 0 Å². The summed E-state index contributed by atoms with van der Waals surface area (Å²) in [5.74, 6) is -0.340. The molecule has 1 aromatic heterocycles. The Bertz CT molecular complexity index is 1480. The Kier molecular flexibility index (Phi) is 6.97. The first-order valence-electron chi connectivity index (χ1n) is 10.8. The number of nitrogens with zero attached hydrogens (tertiary/aromatic N) is 2. The number of sulfonamides is 1. The molecule has 8 nitrogen and oxygen atoms in total. The van der Waals surface area contributed by atoms with Crippen LogP contribution in [0.5, 0.6) is 5.75 Å². The monoisotopic (exact) mass is 541 g/mol. The third-order valence-corrected chi connectivity index (χ3v) is 8.04. The molecule has 2 aromatic carbocycles. The maximum Gasteiger partial charge on any atom is 0.416 e. The smallest absolute Gasteiger partial charge is 0.416 e. The summed E-state index contributed by atoms with van der Waals surface area (Å²) in [6, 6.07) is 9.01. The number of aromatic nitrogens is 2. The lowest BCUT2D eigenvalue weighted by Crippen LogP contribution is -2.19. The van der Waals surface area contributed by atoms with Crippen molar-refractivity contribution >= 4 is 25.7 Å². The van der Waals surface area contributed by atoms with Crippen molar-refractivity contribution < 1.29 is 34.7 Å². The van der Waals surface area contributed by atoms with E-state index in [1.807, 2.05) is 0 Å². The first-order chi connectivity index (χ1) is 16.8. The largest absolute Gasteiger partial charge is 0.493 e. The fraction of sp³-hybridized carbons (Fsp3) is 0.304. The third kappa shape index (κ3) is 5.95. The van der Waals surface area contributed by atoms with Crippen LogP contribution in [0.15, 0.2) is 59.9 Å². The summed E-state index contributed by atoms with van der Waals surface area (Å²) in [7, 11) is -7.41. The van der Waals surface area contributed by atoms with Crippen molar-refractivity contribution in [3.8, 4) is 5.75 Å². The van der Waals surface area contributed by atoms with Crippen molar-refractivity contribution in [2.24, 2.45) is 0 Å². The van der Waals surface area contributed by atoms with Gasteiger partial charge < -0.3 is 4.74 Å². The molecule has 1 aliphatic heterocycles. The second kappa shape index (κ2) is 9.69. The van der Waals surface area contributed by atoms with Gasteiger partial charge in [0.1, 0.15) is 27.7 Å². The average molecular weight is 542 g/mol. The molecule has 4 rings (SSSR count). The number of fused-ring (bicyclic) bond motifs is 1. The van der Waals surface area contributed by atoms with Gasteiger partial charge in [0, 0.05) is 30.0 Å². The van der Waals surface area contributed by atoms with E-state index in [0.29, 0.717) is 17.5 Å². The fourth-order valence-electron chi connectivity index (χ4n) is 4.04. The average Bonchev–Trinajstić information content (AvgIpc) is 2.81. The number of benzene rings is 2. The van der Waals surface area contributed by atoms with Crippen LogP contribution in [0.1, 0.15) is 34.6 Å². The lowest BCUT2D eigenvalue weighted by molar-refractivity contribution is -0.137. The minimum absolute atomic E-state index is 0.0785. The standard InChI is InChI=1S/C23H22F3N3O5S2/c1-35(30,31)11-8-15-12-16(23(24,25)26)2-4-18(15)19-7-10-34-21-13-17(3-5-20(19)21)36(32,33)29-22-6-9-27-14-28-22/h2-6,9,12-14,19H,7-8,10-11H2,1H3,(H,27,28,29)/t19-/m0/s1. The van der Waals surface area contributed by atoms with E-state index in [9.17, 15) is 30.0 Å². The number of ether oxygens (including phenoxy) is 1. The van der Waals surface area contributed by atoms with Gasteiger partial charge in [0.2, 0.25) is 0 Å². The molecule has 0 radical (unpaired) electrons. The number of alkyl halides is 3. The minimum Gasteiger partial charge on any atom is -0.493 e. The number of halogens is 3. The van der Waals surface area contributed by atoms with Crippen LogP contribution in [0.25, 0.3) is 0 Å². The van der Waals surface area contributed by atoms with Crippen LogP contribution >= 0.6 is 0 Å². The fourth-order valence-corrected chi connectivity index (χ4v) is 5.66. The molecule has 0 spiro atoms. The van der Waals surface area contributed by atoms with E-state index in [0.717, 1.165) is 18.4 Å². The van der Waals surface area contributed by atoms with Crippen molar-refractivity contribution in [3.05, 3.63) is 77.2 Å². The number of hydrogen-bond donors (Lipinski definition) is 1. The molecular formula is C23H22F3N3O5S2. The molecule has 0 fully saturated rings. The van der Waals surface area contributed by atoms with Crippen LogP contribution in [0.3, 0.4) is 0 Å². The number of nitrogens with one attached hydrogen (secondary N) is 1. The van der Waals surface area contributed by atoms with Gasteiger partial charge >= 0.3 is 6.18 Å². The highest BCUT2D eigenvalue weighted by Crippen LogP contribution is 2.42. The van der Waals surface area contributed by atoms with E-state index in [2.05, 4.69) is 14.7 Å². The Hall–Kier alpha value is -3.19. The lowest BCUT2D eigenvalue weighted by Gasteiger charge is -2.29. The van der Waals surface area contributed by atoms with E-state index in [1.165, 1.54) is 36.8 Å². The Balaban J connectivity index is 1.71. The van der Waals surface area contributed by atoms with E-state index in [4.69, 9.17) is 4.74 Å². The zero-order valence-electron chi connectivity index (χ0n) is 19.0. The van der Waals surface area contributed by atoms with Gasteiger partial charge in [0.05, 0.1) is 22.8 Å². The van der Waals surface area contributed by atoms with Crippen molar-refractivity contribution in [2.45, 2.75) is 29.8 Å². The van der Waals surface area contributed by atoms with Crippen LogP contribution in [0.4, 0.5) is 19.0 Å². The molecule has 0 amide bonds. The summed E-state index contributed by atoms with van der Waals surface area (Å²) < 4.78 is 97.2. The van der Waals surface area contributed by atoms with Gasteiger partial charge in [-0.05, 0) is 48.2 Å². The quantitative estimate of drug-likeness (QED) is 0.484. The van der Waals surface area contributed by atoms with Gasteiger partial charge in [-0.1, -0.05) is 12.1 Å². The topological polar surface area (TPSA) is 115 Å². The SMILES string of the molecule is CS(=O)(=O)CCc1cc(C(F)(F)F)ccc1[C@@H]1CCOc2cc(S(=O)(=O)Nc3ccncn3)ccc21. The molecule has 0 bridgehead atoms. The normalized spacial score (nSPS) is 16.2. The maximum atomic E-state index is 13.4. The van der Waals surface area contributed by atoms with Crippen LogP contribution in [0.2, 0.25) is 0 Å². The van der Waals surface area contributed by atoms with E-state index in [-0.39, 0.29) is 40.8 Å². The van der Waals surface area contributed by atoms with E-state index >= 15 is 0 Å². The highest BCUT2D eigenvalue weighted by molar-refractivity contribution is 7.92. The molecule has 2 heterocycles. The molecule has 0 saturated heterocycles. The van der Waals surface area contributed by atoms with E-state index < -0.39 is 37.5 Å². The number of anilines is 1. The Morgan fingerprint density at radius 1 is 1.06 bits per heavy atom. The van der Waals surface area contributed by atoms with Crippen molar-refractivity contribution in [2.75, 3.05) is 23.3 Å². The van der Waals surface area contributed by atoms with Crippen LogP contribution < -0.4 is 9.46 Å². The highest BCUT2D eigenvalue weighted by atomic mass is 32.2.